The third kappa shape index (κ3) is 5.47. The zero-order chi connectivity index (χ0) is 15.1. The Morgan fingerprint density at radius 1 is 1.33 bits per heavy atom. The molecule has 0 atom stereocenters. The Morgan fingerprint density at radius 2 is 2.05 bits per heavy atom. The fourth-order valence-electron chi connectivity index (χ4n) is 2.70. The molecule has 0 spiro atoms. The molecule has 0 aliphatic carbocycles. The zero-order valence-electron chi connectivity index (χ0n) is 12.6. The minimum atomic E-state index is -0.102. The monoisotopic (exact) mass is 401 g/mol. The Bertz CT molecular complexity index is 459. The second kappa shape index (κ2) is 8.58. The Kier molecular flexibility index (Phi) is 6.76. The summed E-state index contributed by atoms with van der Waals surface area (Å²) in [6.07, 6.45) is 3.59. The number of benzene rings is 1. The second-order valence-corrected chi connectivity index (χ2v) is 6.76. The summed E-state index contributed by atoms with van der Waals surface area (Å²) in [5.41, 5.74) is 0.869. The summed E-state index contributed by atoms with van der Waals surface area (Å²) < 4.78 is 1.05. The Morgan fingerprint density at radius 3 is 2.71 bits per heavy atom. The fraction of sp³-hybridized carbons (Fsp3) is 0.562. The highest BCUT2D eigenvalue weighted by Gasteiger charge is 2.19. The number of nitrogens with zero attached hydrogens (tertiary/aromatic N) is 1. The Balaban J connectivity index is 1.69. The predicted octanol–water partition coefficient (Wildman–Crippen LogP) is 3.53. The number of likely N-dealkylation sites (tertiary alicyclic amines) is 1. The van der Waals surface area contributed by atoms with E-state index < -0.39 is 0 Å². The number of halogens is 1. The molecule has 1 aromatic carbocycles. The van der Waals surface area contributed by atoms with Gasteiger partial charge in [-0.3, -0.25) is 0 Å². The number of para-hydroxylation sites is 1. The highest BCUT2D eigenvalue weighted by Crippen LogP contribution is 2.18. The third-order valence-electron chi connectivity index (χ3n) is 3.92. The van der Waals surface area contributed by atoms with E-state index in [4.69, 9.17) is 0 Å². The van der Waals surface area contributed by atoms with Crippen LogP contribution in [-0.2, 0) is 0 Å². The quantitative estimate of drug-likeness (QED) is 0.742. The number of amides is 2. The van der Waals surface area contributed by atoms with Crippen molar-refractivity contribution in [1.29, 1.82) is 0 Å². The minimum absolute atomic E-state index is 0.102. The van der Waals surface area contributed by atoms with Crippen molar-refractivity contribution in [3.63, 3.8) is 0 Å². The molecule has 0 bridgehead atoms. The van der Waals surface area contributed by atoms with Crippen molar-refractivity contribution >= 4 is 34.3 Å². The van der Waals surface area contributed by atoms with Crippen LogP contribution in [0.25, 0.3) is 0 Å². The van der Waals surface area contributed by atoms with E-state index in [1.54, 1.807) is 0 Å². The van der Waals surface area contributed by atoms with E-state index in [1.165, 1.54) is 38.9 Å². The maximum atomic E-state index is 11.9. The molecule has 21 heavy (non-hydrogen) atoms. The molecular formula is C16H24IN3O. The van der Waals surface area contributed by atoms with Gasteiger partial charge in [0.2, 0.25) is 0 Å². The van der Waals surface area contributed by atoms with Gasteiger partial charge < -0.3 is 15.5 Å². The molecule has 1 fully saturated rings. The van der Waals surface area contributed by atoms with E-state index >= 15 is 0 Å². The van der Waals surface area contributed by atoms with Gasteiger partial charge in [-0.15, -0.1) is 0 Å². The van der Waals surface area contributed by atoms with Crippen LogP contribution >= 0.6 is 22.6 Å². The van der Waals surface area contributed by atoms with Crippen LogP contribution in [0, 0.1) is 9.49 Å². The second-order valence-electron chi connectivity index (χ2n) is 5.60. The first-order chi connectivity index (χ1) is 10.2. The maximum absolute atomic E-state index is 11.9. The molecule has 116 valence electrons. The lowest BCUT2D eigenvalue weighted by molar-refractivity contribution is 0.182. The average molecular weight is 401 g/mol. The molecule has 2 N–H and O–H groups in total. The van der Waals surface area contributed by atoms with E-state index in [9.17, 15) is 4.79 Å². The molecule has 1 heterocycles. The molecule has 1 aromatic rings. The largest absolute Gasteiger partial charge is 0.338 e. The molecule has 0 saturated carbocycles. The van der Waals surface area contributed by atoms with E-state index in [2.05, 4.69) is 45.0 Å². The van der Waals surface area contributed by atoms with Gasteiger partial charge in [-0.2, -0.15) is 0 Å². The first-order valence-electron chi connectivity index (χ1n) is 7.70. The molecule has 2 amide bonds. The smallest absolute Gasteiger partial charge is 0.319 e. The SMILES string of the molecule is CCCN1CCC(CNC(=O)Nc2ccccc2I)CC1. The normalized spacial score (nSPS) is 16.7. The summed E-state index contributed by atoms with van der Waals surface area (Å²) in [6, 6.07) is 7.70. The number of carbonyl (C=O) groups excluding carboxylic acids is 1. The molecule has 1 aliphatic heterocycles. The molecule has 0 aromatic heterocycles. The fourth-order valence-corrected chi connectivity index (χ4v) is 3.22. The van der Waals surface area contributed by atoms with Crippen LogP contribution in [0.15, 0.2) is 24.3 Å². The number of urea groups is 1. The lowest BCUT2D eigenvalue weighted by atomic mass is 9.97. The van der Waals surface area contributed by atoms with Gasteiger partial charge in [-0.05, 0) is 79.5 Å². The summed E-state index contributed by atoms with van der Waals surface area (Å²) in [6.45, 7) is 6.53. The lowest BCUT2D eigenvalue weighted by Crippen LogP contribution is -2.40. The average Bonchev–Trinajstić information content (AvgIpc) is 2.49. The van der Waals surface area contributed by atoms with Gasteiger partial charge in [0, 0.05) is 10.1 Å². The van der Waals surface area contributed by atoms with Crippen molar-refractivity contribution in [2.24, 2.45) is 5.92 Å². The topological polar surface area (TPSA) is 44.4 Å². The van der Waals surface area contributed by atoms with Crippen molar-refractivity contribution in [3.8, 4) is 0 Å². The first-order valence-corrected chi connectivity index (χ1v) is 8.78. The number of nitrogens with one attached hydrogen (secondary N) is 2. The van der Waals surface area contributed by atoms with Crippen molar-refractivity contribution in [2.45, 2.75) is 26.2 Å². The van der Waals surface area contributed by atoms with Gasteiger partial charge in [-0.1, -0.05) is 19.1 Å². The maximum Gasteiger partial charge on any atom is 0.319 e. The van der Waals surface area contributed by atoms with Gasteiger partial charge in [0.25, 0.3) is 0 Å². The van der Waals surface area contributed by atoms with Crippen LogP contribution in [0.5, 0.6) is 0 Å². The van der Waals surface area contributed by atoms with Gasteiger partial charge in [-0.25, -0.2) is 4.79 Å². The molecule has 0 radical (unpaired) electrons. The van der Waals surface area contributed by atoms with E-state index in [-0.39, 0.29) is 6.03 Å². The summed E-state index contributed by atoms with van der Waals surface area (Å²) in [5, 5.41) is 5.91. The van der Waals surface area contributed by atoms with Crippen molar-refractivity contribution in [1.82, 2.24) is 10.2 Å². The molecular weight excluding hydrogens is 377 g/mol. The zero-order valence-corrected chi connectivity index (χ0v) is 14.7. The van der Waals surface area contributed by atoms with Crippen LogP contribution in [0.1, 0.15) is 26.2 Å². The van der Waals surface area contributed by atoms with Crippen LogP contribution in [0.2, 0.25) is 0 Å². The standard InChI is InChI=1S/C16H24IN3O/c1-2-9-20-10-7-13(8-11-20)12-18-16(21)19-15-6-4-3-5-14(15)17/h3-6,13H,2,7-12H2,1H3,(H2,18,19,21). The minimum Gasteiger partial charge on any atom is -0.338 e. The number of carbonyl (C=O) groups is 1. The van der Waals surface area contributed by atoms with E-state index in [0.29, 0.717) is 5.92 Å². The van der Waals surface area contributed by atoms with E-state index in [0.717, 1.165) is 15.8 Å². The van der Waals surface area contributed by atoms with Crippen molar-refractivity contribution in [3.05, 3.63) is 27.8 Å². The van der Waals surface area contributed by atoms with E-state index in [1.807, 2.05) is 24.3 Å². The highest BCUT2D eigenvalue weighted by atomic mass is 127. The number of piperidine rings is 1. The number of hydrogen-bond acceptors (Lipinski definition) is 2. The summed E-state index contributed by atoms with van der Waals surface area (Å²) in [4.78, 5) is 14.5. The van der Waals surface area contributed by atoms with Crippen molar-refractivity contribution < 1.29 is 4.79 Å². The Hall–Kier alpha value is -0.820. The summed E-state index contributed by atoms with van der Waals surface area (Å²) >= 11 is 2.23. The molecule has 5 heteroatoms. The predicted molar refractivity (Wildman–Crippen MR) is 95.6 cm³/mol. The molecule has 1 aliphatic rings. The third-order valence-corrected chi connectivity index (χ3v) is 4.86. The first kappa shape index (κ1) is 16.5. The molecule has 1 saturated heterocycles. The lowest BCUT2D eigenvalue weighted by Gasteiger charge is -2.31. The van der Waals surface area contributed by atoms with Crippen LogP contribution in [0.3, 0.4) is 0 Å². The van der Waals surface area contributed by atoms with Crippen LogP contribution < -0.4 is 10.6 Å². The van der Waals surface area contributed by atoms with Gasteiger partial charge in [0.05, 0.1) is 5.69 Å². The number of rotatable bonds is 5. The van der Waals surface area contributed by atoms with Gasteiger partial charge in [0.15, 0.2) is 0 Å². The molecule has 2 rings (SSSR count). The Labute approximate surface area is 140 Å². The van der Waals surface area contributed by atoms with Crippen LogP contribution in [-0.4, -0.2) is 37.1 Å². The number of hydrogen-bond donors (Lipinski definition) is 2. The number of anilines is 1. The van der Waals surface area contributed by atoms with Crippen molar-refractivity contribution in [2.75, 3.05) is 31.5 Å². The molecule has 0 unspecified atom stereocenters. The summed E-state index contributed by atoms with van der Waals surface area (Å²) in [7, 11) is 0. The van der Waals surface area contributed by atoms with Gasteiger partial charge >= 0.3 is 6.03 Å². The summed E-state index contributed by atoms with van der Waals surface area (Å²) in [5.74, 6) is 0.610. The van der Waals surface area contributed by atoms with Crippen LogP contribution in [0.4, 0.5) is 10.5 Å². The van der Waals surface area contributed by atoms with Gasteiger partial charge in [0.1, 0.15) is 0 Å². The molecule has 4 nitrogen and oxygen atoms in total. The highest BCUT2D eigenvalue weighted by molar-refractivity contribution is 14.1.